The number of halogens is 1. The molecule has 0 spiro atoms. The first-order valence-electron chi connectivity index (χ1n) is 2.60. The molecule has 0 saturated carbocycles. The Morgan fingerprint density at radius 3 is 2.00 bits per heavy atom. The van der Waals surface area contributed by atoms with Crippen molar-refractivity contribution >= 4 is 11.6 Å². The lowest BCUT2D eigenvalue weighted by molar-refractivity contribution is 1.11. The van der Waals surface area contributed by atoms with Crippen molar-refractivity contribution in [2.24, 2.45) is 0 Å². The van der Waals surface area contributed by atoms with Crippen LogP contribution in [-0.4, -0.2) is 9.97 Å². The topological polar surface area (TPSA) is 73.4 Å². The third kappa shape index (κ3) is 1.26. The Kier molecular flexibility index (Phi) is 2.00. The van der Waals surface area contributed by atoms with E-state index in [9.17, 15) is 0 Å². The number of aromatic nitrogens is 2. The fourth-order valence-corrected chi connectivity index (χ4v) is 0.708. The van der Waals surface area contributed by atoms with Crippen LogP contribution in [0.1, 0.15) is 11.4 Å². The summed E-state index contributed by atoms with van der Waals surface area (Å²) in [6.45, 7) is 0. The van der Waals surface area contributed by atoms with Gasteiger partial charge in [0.25, 0.3) is 0 Å². The highest BCUT2D eigenvalue weighted by Gasteiger charge is 2.06. The van der Waals surface area contributed by atoms with Gasteiger partial charge in [-0.05, 0) is 0 Å². The van der Waals surface area contributed by atoms with E-state index >= 15 is 0 Å². The Balaban J connectivity index is 3.38. The van der Waals surface area contributed by atoms with E-state index in [1.807, 2.05) is 0 Å². The second-order valence-corrected chi connectivity index (χ2v) is 1.99. The lowest BCUT2D eigenvalue weighted by atomic mass is 10.3. The highest BCUT2D eigenvalue weighted by molar-refractivity contribution is 6.32. The average Bonchev–Trinajstić information content (AvgIpc) is 2.05. The molecule has 0 bridgehead atoms. The first kappa shape index (κ1) is 7.46. The lowest BCUT2D eigenvalue weighted by Gasteiger charge is -1.92. The number of rotatable bonds is 0. The Bertz CT molecular complexity index is 328. The zero-order valence-electron chi connectivity index (χ0n) is 5.24. The van der Waals surface area contributed by atoms with Crippen molar-refractivity contribution in [2.45, 2.75) is 0 Å². The van der Waals surface area contributed by atoms with Crippen LogP contribution in [0, 0.1) is 22.7 Å². The fraction of sp³-hybridized carbons (Fsp3) is 0. The van der Waals surface area contributed by atoms with Gasteiger partial charge in [-0.3, -0.25) is 0 Å². The molecule has 0 unspecified atom stereocenters. The molecule has 0 radical (unpaired) electrons. The molecule has 4 nitrogen and oxygen atoms in total. The van der Waals surface area contributed by atoms with Gasteiger partial charge in [0, 0.05) is 0 Å². The van der Waals surface area contributed by atoms with Gasteiger partial charge in [-0.15, -0.1) is 0 Å². The van der Waals surface area contributed by atoms with Crippen molar-refractivity contribution in [3.63, 3.8) is 0 Å². The van der Waals surface area contributed by atoms with Gasteiger partial charge >= 0.3 is 0 Å². The molecule has 11 heavy (non-hydrogen) atoms. The average molecular weight is 165 g/mol. The molecule has 0 N–H and O–H groups in total. The summed E-state index contributed by atoms with van der Waals surface area (Å²) in [7, 11) is 0. The monoisotopic (exact) mass is 164 g/mol. The van der Waals surface area contributed by atoms with Crippen molar-refractivity contribution in [2.75, 3.05) is 0 Å². The van der Waals surface area contributed by atoms with Crippen LogP contribution in [0.3, 0.4) is 0 Å². The first-order valence-corrected chi connectivity index (χ1v) is 2.98. The number of hydrogen-bond acceptors (Lipinski definition) is 4. The zero-order chi connectivity index (χ0) is 8.27. The van der Waals surface area contributed by atoms with Gasteiger partial charge in [0.15, 0.2) is 11.4 Å². The van der Waals surface area contributed by atoms with Gasteiger partial charge in [-0.1, -0.05) is 11.6 Å². The molecule has 1 aromatic heterocycles. The predicted molar refractivity (Wildman–Crippen MR) is 36.5 cm³/mol. The maximum absolute atomic E-state index is 8.40. The SMILES string of the molecule is N#Cc1ncnc(C#N)c1Cl. The van der Waals surface area contributed by atoms with E-state index < -0.39 is 0 Å². The summed E-state index contributed by atoms with van der Waals surface area (Å²) < 4.78 is 0. The Morgan fingerprint density at radius 1 is 1.18 bits per heavy atom. The summed E-state index contributed by atoms with van der Waals surface area (Å²) in [5.41, 5.74) is 0.0523. The summed E-state index contributed by atoms with van der Waals surface area (Å²) >= 11 is 5.54. The van der Waals surface area contributed by atoms with E-state index in [2.05, 4.69) is 9.97 Å². The largest absolute Gasteiger partial charge is 0.224 e. The zero-order valence-corrected chi connectivity index (χ0v) is 6.00. The van der Waals surface area contributed by atoms with Gasteiger partial charge in [0.05, 0.1) is 0 Å². The molecule has 1 rings (SSSR count). The molecule has 0 saturated heterocycles. The van der Waals surface area contributed by atoms with Crippen LogP contribution in [0.15, 0.2) is 6.33 Å². The maximum atomic E-state index is 8.40. The van der Waals surface area contributed by atoms with Gasteiger partial charge in [0.2, 0.25) is 0 Å². The van der Waals surface area contributed by atoms with Gasteiger partial charge in [-0.25, -0.2) is 9.97 Å². The molecular weight excluding hydrogens is 164 g/mol. The van der Waals surface area contributed by atoms with Crippen molar-refractivity contribution in [3.05, 3.63) is 22.7 Å². The number of nitrogens with zero attached hydrogens (tertiary/aromatic N) is 4. The molecule has 0 aliphatic rings. The highest BCUT2D eigenvalue weighted by atomic mass is 35.5. The molecule has 0 amide bonds. The molecule has 0 atom stereocenters. The Hall–Kier alpha value is -1.65. The minimum absolute atomic E-state index is 0.0116. The summed E-state index contributed by atoms with van der Waals surface area (Å²) in [5.74, 6) is 0. The summed E-state index contributed by atoms with van der Waals surface area (Å²) in [4.78, 5) is 7.10. The van der Waals surface area contributed by atoms with Crippen molar-refractivity contribution in [3.8, 4) is 12.1 Å². The Morgan fingerprint density at radius 2 is 1.64 bits per heavy atom. The van der Waals surface area contributed by atoms with Crippen LogP contribution >= 0.6 is 11.6 Å². The smallest absolute Gasteiger partial charge is 0.163 e. The lowest BCUT2D eigenvalue weighted by Crippen LogP contribution is -1.91. The third-order valence-electron chi connectivity index (χ3n) is 1.00. The van der Waals surface area contributed by atoms with Crippen LogP contribution in [0.4, 0.5) is 0 Å². The van der Waals surface area contributed by atoms with E-state index in [1.165, 1.54) is 0 Å². The van der Waals surface area contributed by atoms with Gasteiger partial charge in [-0.2, -0.15) is 10.5 Å². The van der Waals surface area contributed by atoms with Gasteiger partial charge < -0.3 is 0 Å². The van der Waals surface area contributed by atoms with Crippen LogP contribution in [0.5, 0.6) is 0 Å². The molecule has 0 fully saturated rings. The molecule has 0 aliphatic carbocycles. The van der Waals surface area contributed by atoms with Crippen LogP contribution < -0.4 is 0 Å². The van der Waals surface area contributed by atoms with E-state index in [-0.39, 0.29) is 16.4 Å². The third-order valence-corrected chi connectivity index (χ3v) is 1.36. The second kappa shape index (κ2) is 2.96. The minimum Gasteiger partial charge on any atom is -0.224 e. The second-order valence-electron chi connectivity index (χ2n) is 1.61. The first-order chi connectivity index (χ1) is 5.29. The van der Waals surface area contributed by atoms with Crippen LogP contribution in [-0.2, 0) is 0 Å². The van der Waals surface area contributed by atoms with E-state index in [0.717, 1.165) is 6.33 Å². The maximum Gasteiger partial charge on any atom is 0.163 e. The summed E-state index contributed by atoms with van der Waals surface area (Å²) in [6.07, 6.45) is 1.13. The standard InChI is InChI=1S/C6HClN4/c7-6-4(1-8)10-3-11-5(6)2-9/h3H. The molecule has 52 valence electrons. The van der Waals surface area contributed by atoms with Crippen molar-refractivity contribution < 1.29 is 0 Å². The van der Waals surface area contributed by atoms with Crippen LogP contribution in [0.25, 0.3) is 0 Å². The molecule has 0 aliphatic heterocycles. The number of hydrogen-bond donors (Lipinski definition) is 0. The molecule has 1 aromatic rings. The Labute approximate surface area is 67.7 Å². The summed E-state index contributed by atoms with van der Waals surface area (Å²) in [5, 5.41) is 16.8. The quantitative estimate of drug-likeness (QED) is 0.570. The predicted octanol–water partition coefficient (Wildman–Crippen LogP) is 0.873. The van der Waals surface area contributed by atoms with Gasteiger partial charge in [0.1, 0.15) is 23.5 Å². The molecule has 5 heteroatoms. The van der Waals surface area contributed by atoms with E-state index in [0.29, 0.717) is 0 Å². The minimum atomic E-state index is 0.0116. The molecule has 0 aromatic carbocycles. The van der Waals surface area contributed by atoms with E-state index in [4.69, 9.17) is 22.1 Å². The highest BCUT2D eigenvalue weighted by Crippen LogP contribution is 2.14. The normalized spacial score (nSPS) is 8.27. The van der Waals surface area contributed by atoms with E-state index in [1.54, 1.807) is 12.1 Å². The fourth-order valence-electron chi connectivity index (χ4n) is 0.526. The molecule has 1 heterocycles. The van der Waals surface area contributed by atoms with Crippen molar-refractivity contribution in [1.29, 1.82) is 10.5 Å². The number of nitriles is 2. The van der Waals surface area contributed by atoms with Crippen molar-refractivity contribution in [1.82, 2.24) is 9.97 Å². The van der Waals surface area contributed by atoms with Crippen LogP contribution in [0.2, 0.25) is 5.02 Å². The molecular formula is C6HClN4. The summed E-state index contributed by atoms with van der Waals surface area (Å²) in [6, 6.07) is 3.47.